The van der Waals surface area contributed by atoms with Gasteiger partial charge in [0.1, 0.15) is 43.2 Å². The van der Waals surface area contributed by atoms with Gasteiger partial charge in [-0.05, 0) is 0 Å². The van der Waals surface area contributed by atoms with Gasteiger partial charge < -0.3 is 50.0 Å². The Morgan fingerprint density at radius 1 is 1.00 bits per heavy atom. The second kappa shape index (κ2) is 8.07. The van der Waals surface area contributed by atoms with E-state index < -0.39 is 85.0 Å². The Morgan fingerprint density at radius 3 is 2.11 bits per heavy atom. The van der Waals surface area contributed by atoms with Crippen LogP contribution in [0.5, 0.6) is 0 Å². The molecule has 0 spiro atoms. The van der Waals surface area contributed by atoms with Crippen LogP contribution in [0.2, 0.25) is 0 Å². The highest BCUT2D eigenvalue weighted by atomic mass is 32.3. The number of aliphatic hydroxyl groups is 7. The molecule has 0 aromatic heterocycles. The number of ether oxygens (including phenoxy) is 3. The zero-order chi connectivity index (χ0) is 20.6. The van der Waals surface area contributed by atoms with Crippen molar-refractivity contribution in [2.45, 2.75) is 48.2 Å². The molecule has 160 valence electrons. The fraction of sp³-hybridized carbons (Fsp3) is 1.00. The summed E-state index contributed by atoms with van der Waals surface area (Å²) in [5, 5.41) is 68.8. The Morgan fingerprint density at radius 2 is 1.59 bits per heavy atom. The van der Waals surface area contributed by atoms with Crippen LogP contribution in [-0.2, 0) is 28.8 Å². The van der Waals surface area contributed by atoms with E-state index in [1.54, 1.807) is 0 Å². The summed E-state index contributed by atoms with van der Waals surface area (Å²) in [6.45, 7) is -3.78. The molecule has 0 aliphatic carbocycles. The van der Waals surface area contributed by atoms with E-state index in [-0.39, 0.29) is 0 Å². The molecule has 2 aliphatic heterocycles. The monoisotopic (exact) mass is 422 g/mol. The van der Waals surface area contributed by atoms with Gasteiger partial charge in [0, 0.05) is 0 Å². The molecule has 14 nitrogen and oxygen atoms in total. The fourth-order valence-electron chi connectivity index (χ4n) is 2.79. The van der Waals surface area contributed by atoms with Gasteiger partial charge in [-0.3, -0.25) is 4.55 Å². The summed E-state index contributed by atoms with van der Waals surface area (Å²) in [7, 11) is -5.19. The molecule has 8 N–H and O–H groups in total. The first-order valence-corrected chi connectivity index (χ1v) is 9.03. The quantitative estimate of drug-likeness (QED) is 0.186. The third kappa shape index (κ3) is 4.56. The lowest BCUT2D eigenvalue weighted by Gasteiger charge is -2.50. The zero-order valence-electron chi connectivity index (χ0n) is 13.7. The molecule has 0 amide bonds. The van der Waals surface area contributed by atoms with E-state index in [1.165, 1.54) is 0 Å². The lowest BCUT2D eigenvalue weighted by Crippen LogP contribution is -2.71. The predicted octanol–water partition coefficient (Wildman–Crippen LogP) is -5.57. The molecule has 8 atom stereocenters. The molecule has 2 fully saturated rings. The number of aliphatic hydroxyl groups excluding tert-OH is 6. The van der Waals surface area contributed by atoms with Gasteiger partial charge in [-0.1, -0.05) is 0 Å². The average Bonchev–Trinajstić information content (AvgIpc) is 2.60. The van der Waals surface area contributed by atoms with Gasteiger partial charge in [0.05, 0.1) is 19.8 Å². The van der Waals surface area contributed by atoms with Crippen LogP contribution in [0.15, 0.2) is 0 Å². The van der Waals surface area contributed by atoms with E-state index in [1.807, 2.05) is 0 Å². The van der Waals surface area contributed by atoms with Crippen molar-refractivity contribution in [3.63, 3.8) is 0 Å². The van der Waals surface area contributed by atoms with Crippen LogP contribution in [0.1, 0.15) is 0 Å². The van der Waals surface area contributed by atoms with Crippen molar-refractivity contribution in [3.05, 3.63) is 0 Å². The van der Waals surface area contributed by atoms with E-state index >= 15 is 0 Å². The van der Waals surface area contributed by atoms with E-state index in [0.29, 0.717) is 0 Å². The molecule has 2 rings (SSSR count). The maximum atomic E-state index is 11.1. The van der Waals surface area contributed by atoms with Crippen molar-refractivity contribution in [2.24, 2.45) is 0 Å². The minimum atomic E-state index is -5.19. The van der Waals surface area contributed by atoms with Gasteiger partial charge in [-0.25, -0.2) is 4.18 Å². The molecule has 0 radical (unpaired) electrons. The van der Waals surface area contributed by atoms with Gasteiger partial charge >= 0.3 is 10.4 Å². The molecule has 0 unspecified atom stereocenters. The minimum absolute atomic E-state index is 0.643. The molecular formula is C12H22O14S. The lowest BCUT2D eigenvalue weighted by atomic mass is 9.93. The summed E-state index contributed by atoms with van der Waals surface area (Å²) in [5.41, 5.74) is 0. The Labute approximate surface area is 153 Å². The zero-order valence-corrected chi connectivity index (χ0v) is 14.5. The second-order valence-corrected chi connectivity index (χ2v) is 7.24. The van der Waals surface area contributed by atoms with Gasteiger partial charge in [-0.2, -0.15) is 8.42 Å². The Bertz CT molecular complexity index is 613. The summed E-state index contributed by atoms with van der Waals surface area (Å²) in [5.74, 6) is -5.26. The third-order valence-electron chi connectivity index (χ3n) is 4.30. The molecule has 0 saturated carbocycles. The maximum absolute atomic E-state index is 11.1. The number of hydrogen-bond donors (Lipinski definition) is 8. The molecule has 0 aromatic rings. The Kier molecular flexibility index (Phi) is 6.80. The number of hydrogen-bond acceptors (Lipinski definition) is 13. The summed E-state index contributed by atoms with van der Waals surface area (Å²) in [6.07, 6.45) is -11.6. The summed E-state index contributed by atoms with van der Waals surface area (Å²) in [4.78, 5) is 0. The first-order valence-electron chi connectivity index (χ1n) is 7.67. The van der Waals surface area contributed by atoms with Gasteiger partial charge in [0.25, 0.3) is 0 Å². The van der Waals surface area contributed by atoms with Gasteiger partial charge in [0.2, 0.25) is 11.6 Å². The van der Waals surface area contributed by atoms with Crippen LogP contribution in [0.3, 0.4) is 0 Å². The highest BCUT2D eigenvalue weighted by Crippen LogP contribution is 2.36. The van der Waals surface area contributed by atoms with E-state index in [0.717, 1.165) is 0 Å². The van der Waals surface area contributed by atoms with Crippen molar-refractivity contribution in [1.82, 2.24) is 0 Å². The van der Waals surface area contributed by atoms with Crippen LogP contribution >= 0.6 is 0 Å². The molecule has 0 bridgehead atoms. The largest absolute Gasteiger partial charge is 0.397 e. The third-order valence-corrected chi connectivity index (χ3v) is 4.76. The average molecular weight is 422 g/mol. The van der Waals surface area contributed by atoms with Crippen LogP contribution in [-0.4, -0.2) is 123 Å². The van der Waals surface area contributed by atoms with Crippen molar-refractivity contribution in [1.29, 1.82) is 0 Å². The Balaban J connectivity index is 2.41. The van der Waals surface area contributed by atoms with Crippen molar-refractivity contribution in [2.75, 3.05) is 26.4 Å². The molecule has 2 saturated heterocycles. The lowest BCUT2D eigenvalue weighted by molar-refractivity contribution is -0.416. The predicted molar refractivity (Wildman–Crippen MR) is 79.1 cm³/mol. The second-order valence-electron chi connectivity index (χ2n) is 6.19. The number of rotatable bonds is 6. The molecule has 0 aromatic carbocycles. The molecule has 27 heavy (non-hydrogen) atoms. The van der Waals surface area contributed by atoms with Crippen molar-refractivity contribution in [3.8, 4) is 0 Å². The minimum Gasteiger partial charge on any atom is -0.391 e. The summed E-state index contributed by atoms with van der Waals surface area (Å²) < 4.78 is 50.4. The topological polar surface area (TPSA) is 233 Å². The van der Waals surface area contributed by atoms with E-state index in [4.69, 9.17) is 18.8 Å². The van der Waals surface area contributed by atoms with Crippen LogP contribution in [0, 0.1) is 0 Å². The first kappa shape index (κ1) is 22.8. The van der Waals surface area contributed by atoms with Crippen LogP contribution < -0.4 is 0 Å². The van der Waals surface area contributed by atoms with Crippen molar-refractivity contribution < 1.29 is 67.1 Å². The summed E-state index contributed by atoms with van der Waals surface area (Å²) in [6, 6.07) is 0. The standard InChI is InChI=1S/C12H22O14S/c13-3-11(19)10(8(6(16)2-23-11)26-27(20,21)22)25-12(4-14)9(18)7(17)5(15)1-24-12/h5-10,13-19H,1-4H2,(H,20,21,22)/t5-,6-,7-,8-,9+,10+,11+,12-/m0/s1. The smallest absolute Gasteiger partial charge is 0.391 e. The normalized spacial score (nSPS) is 46.4. The SMILES string of the molecule is O=S(=O)(O)O[C@@H]1[C@@H](O[C@]2(CO)OC[C@H](O)[C@H](O)[C@H]2O)[C@@](O)(CO)OC[C@@H]1O. The fourth-order valence-corrected chi connectivity index (χ4v) is 3.30. The van der Waals surface area contributed by atoms with E-state index in [2.05, 4.69) is 4.18 Å². The maximum Gasteiger partial charge on any atom is 0.397 e. The van der Waals surface area contributed by atoms with Gasteiger partial charge in [-0.15, -0.1) is 0 Å². The Hall–Kier alpha value is -0.530. The van der Waals surface area contributed by atoms with Crippen LogP contribution in [0.25, 0.3) is 0 Å². The molecular weight excluding hydrogens is 400 g/mol. The summed E-state index contributed by atoms with van der Waals surface area (Å²) >= 11 is 0. The van der Waals surface area contributed by atoms with Crippen LogP contribution in [0.4, 0.5) is 0 Å². The first-order chi connectivity index (χ1) is 12.4. The highest BCUT2D eigenvalue weighted by Gasteiger charge is 2.59. The molecule has 2 heterocycles. The molecule has 2 aliphatic rings. The highest BCUT2D eigenvalue weighted by molar-refractivity contribution is 7.80. The van der Waals surface area contributed by atoms with Gasteiger partial charge in [0.15, 0.2) is 0 Å². The molecule has 15 heteroatoms. The van der Waals surface area contributed by atoms with Crippen molar-refractivity contribution >= 4 is 10.4 Å². The van der Waals surface area contributed by atoms with E-state index in [9.17, 15) is 44.2 Å².